The first kappa shape index (κ1) is 33.0. The number of nitrogens with one attached hydrogen (secondary N) is 1. The fourth-order valence-electron chi connectivity index (χ4n) is 8.17. The maximum Gasteiger partial charge on any atom is 0.264 e. The number of fused-ring (bicyclic) bond motifs is 1. The molecule has 256 valence electrons. The third-order valence-electron chi connectivity index (χ3n) is 11.0. The largest absolute Gasteiger partial charge is 0.394 e. The number of nitrogens with zero attached hydrogens (tertiary/aromatic N) is 4. The average Bonchev–Trinajstić information content (AvgIpc) is 3.79. The number of hydrogen-bond acceptors (Lipinski definition) is 7. The van der Waals surface area contributed by atoms with Crippen molar-refractivity contribution in [3.8, 4) is 0 Å². The zero-order valence-corrected chi connectivity index (χ0v) is 28.0. The van der Waals surface area contributed by atoms with E-state index in [1.54, 1.807) is 34.9 Å². The summed E-state index contributed by atoms with van der Waals surface area (Å²) in [5.41, 5.74) is 1.53. The minimum Gasteiger partial charge on any atom is -0.394 e. The molecule has 4 aliphatic heterocycles. The van der Waals surface area contributed by atoms with Crippen molar-refractivity contribution in [2.45, 2.75) is 62.8 Å². The zero-order chi connectivity index (χ0) is 34.2. The monoisotopic (exact) mass is 663 g/mol. The summed E-state index contributed by atoms with van der Waals surface area (Å²) in [5, 5.41) is 25.0. The Morgan fingerprint density at radius 1 is 0.959 bits per heavy atom. The fraction of sp³-hybridized carbons (Fsp3) is 0.410. The Labute approximate surface area is 287 Å². The molecule has 3 aromatic carbocycles. The molecule has 1 spiro atoms. The number of amides is 3. The summed E-state index contributed by atoms with van der Waals surface area (Å²) in [6.45, 7) is 4.68. The van der Waals surface area contributed by atoms with E-state index in [1.165, 1.54) is 0 Å². The van der Waals surface area contributed by atoms with Crippen LogP contribution in [0.4, 0.5) is 17.1 Å². The van der Waals surface area contributed by atoms with E-state index in [4.69, 9.17) is 0 Å². The van der Waals surface area contributed by atoms with Crippen molar-refractivity contribution in [3.05, 3.63) is 102 Å². The quantitative estimate of drug-likeness (QED) is 0.298. The van der Waals surface area contributed by atoms with Gasteiger partial charge in [0.15, 0.2) is 5.60 Å². The summed E-state index contributed by atoms with van der Waals surface area (Å²) in [6, 6.07) is 25.1. The number of hydrogen-bond donors (Lipinski definition) is 3. The number of aliphatic hydroxyl groups excluding tert-OH is 1. The Balaban J connectivity index is 1.07. The van der Waals surface area contributed by atoms with E-state index < -0.39 is 23.0 Å². The number of carbonyl (C=O) groups is 3. The van der Waals surface area contributed by atoms with Crippen LogP contribution in [-0.4, -0.2) is 77.3 Å². The second-order valence-electron chi connectivity index (χ2n) is 13.7. The molecule has 4 heterocycles. The summed E-state index contributed by atoms with van der Waals surface area (Å²) < 4.78 is 0. The molecule has 7 rings (SSSR count). The standard InChI is InChI=1S/C39H45N5O5/c1-28(9-7-15-35(46)41-24-8-12-32(41)26-45)39(49)33-13-5-6-14-34(33)42(37(39)48)25-29-16-18-30(19-17-29)43-27-44(31-10-3-2-4-11-31)38(36(43)47)20-22-40-23-21-38/h2-7,9-11,13-14,16-19,28,32,40,45,49H,8,12,15,20-27H2,1H3/b9-7+/t28-,32+,39+/m1/s1. The van der Waals surface area contributed by atoms with Gasteiger partial charge in [-0.25, -0.2) is 0 Å². The Kier molecular flexibility index (Phi) is 9.04. The normalized spacial score (nSPS) is 24.0. The van der Waals surface area contributed by atoms with Crippen molar-refractivity contribution >= 4 is 34.8 Å². The minimum absolute atomic E-state index is 0.0443. The van der Waals surface area contributed by atoms with E-state index >= 15 is 0 Å². The number of aliphatic hydroxyl groups is 2. The topological polar surface area (TPSA) is 117 Å². The number of carbonyl (C=O) groups excluding carboxylic acids is 3. The van der Waals surface area contributed by atoms with Crippen LogP contribution in [0, 0.1) is 5.92 Å². The summed E-state index contributed by atoms with van der Waals surface area (Å²) in [4.78, 5) is 48.4. The molecule has 3 saturated heterocycles. The molecule has 3 atom stereocenters. The zero-order valence-electron chi connectivity index (χ0n) is 28.0. The number of rotatable bonds is 9. The number of anilines is 3. The summed E-state index contributed by atoms with van der Waals surface area (Å²) in [5.74, 6) is -0.965. The van der Waals surface area contributed by atoms with Gasteiger partial charge in [-0.15, -0.1) is 0 Å². The first-order chi connectivity index (χ1) is 23.8. The highest BCUT2D eigenvalue weighted by Gasteiger charge is 2.54. The van der Waals surface area contributed by atoms with Crippen LogP contribution in [0.1, 0.15) is 50.2 Å². The van der Waals surface area contributed by atoms with Gasteiger partial charge >= 0.3 is 0 Å². The van der Waals surface area contributed by atoms with E-state index in [1.807, 2.05) is 65.6 Å². The summed E-state index contributed by atoms with van der Waals surface area (Å²) in [6.07, 6.45) is 6.76. The summed E-state index contributed by atoms with van der Waals surface area (Å²) in [7, 11) is 0. The van der Waals surface area contributed by atoms with Crippen LogP contribution < -0.4 is 20.0 Å². The van der Waals surface area contributed by atoms with E-state index in [0.29, 0.717) is 24.5 Å². The molecule has 3 amide bonds. The highest BCUT2D eigenvalue weighted by molar-refractivity contribution is 6.07. The number of piperidine rings is 1. The maximum atomic E-state index is 14.1. The molecule has 0 saturated carbocycles. The molecular weight excluding hydrogens is 618 g/mol. The third-order valence-corrected chi connectivity index (χ3v) is 11.0. The smallest absolute Gasteiger partial charge is 0.264 e. The maximum absolute atomic E-state index is 14.1. The van der Waals surface area contributed by atoms with Gasteiger partial charge in [0.05, 0.1) is 31.5 Å². The van der Waals surface area contributed by atoms with Crippen LogP contribution in [0.3, 0.4) is 0 Å². The van der Waals surface area contributed by atoms with Gasteiger partial charge in [0.2, 0.25) is 5.91 Å². The van der Waals surface area contributed by atoms with Crippen LogP contribution >= 0.6 is 0 Å². The second-order valence-corrected chi connectivity index (χ2v) is 13.7. The van der Waals surface area contributed by atoms with Crippen LogP contribution in [0.2, 0.25) is 0 Å². The van der Waals surface area contributed by atoms with Crippen molar-refractivity contribution in [3.63, 3.8) is 0 Å². The van der Waals surface area contributed by atoms with Crippen LogP contribution in [-0.2, 0) is 26.5 Å². The van der Waals surface area contributed by atoms with Crippen LogP contribution in [0.5, 0.6) is 0 Å². The predicted molar refractivity (Wildman–Crippen MR) is 189 cm³/mol. The van der Waals surface area contributed by atoms with Crippen molar-refractivity contribution in [1.29, 1.82) is 0 Å². The Morgan fingerprint density at radius 2 is 1.67 bits per heavy atom. The Morgan fingerprint density at radius 3 is 2.41 bits per heavy atom. The van der Waals surface area contributed by atoms with Crippen molar-refractivity contribution in [2.24, 2.45) is 5.92 Å². The number of benzene rings is 3. The molecule has 49 heavy (non-hydrogen) atoms. The summed E-state index contributed by atoms with van der Waals surface area (Å²) >= 11 is 0. The lowest BCUT2D eigenvalue weighted by molar-refractivity contribution is -0.139. The molecule has 4 aliphatic rings. The van der Waals surface area contributed by atoms with Gasteiger partial charge in [0, 0.05) is 35.8 Å². The van der Waals surface area contributed by atoms with Gasteiger partial charge in [-0.1, -0.05) is 67.6 Å². The van der Waals surface area contributed by atoms with Crippen molar-refractivity contribution < 1.29 is 24.6 Å². The predicted octanol–water partition coefficient (Wildman–Crippen LogP) is 3.92. The van der Waals surface area contributed by atoms with Crippen LogP contribution in [0.15, 0.2) is 91.0 Å². The molecular formula is C39H45N5O5. The van der Waals surface area contributed by atoms with Gasteiger partial charge in [-0.05, 0) is 74.7 Å². The molecule has 10 nitrogen and oxygen atoms in total. The van der Waals surface area contributed by atoms with Gasteiger partial charge in [-0.2, -0.15) is 0 Å². The molecule has 3 fully saturated rings. The average molecular weight is 664 g/mol. The Bertz CT molecular complexity index is 1720. The molecule has 10 heteroatoms. The Hall–Kier alpha value is -4.51. The highest BCUT2D eigenvalue weighted by Crippen LogP contribution is 2.46. The van der Waals surface area contributed by atoms with Crippen molar-refractivity contribution in [2.75, 3.05) is 47.6 Å². The van der Waals surface area contributed by atoms with Gasteiger partial charge in [0.1, 0.15) is 5.54 Å². The molecule has 0 radical (unpaired) electrons. The number of likely N-dealkylation sites (tertiary alicyclic amines) is 1. The molecule has 0 bridgehead atoms. The first-order valence-corrected chi connectivity index (χ1v) is 17.4. The lowest BCUT2D eigenvalue weighted by atomic mass is 9.83. The van der Waals surface area contributed by atoms with Gasteiger partial charge in [-0.3, -0.25) is 19.3 Å². The fourth-order valence-corrected chi connectivity index (χ4v) is 8.17. The number of para-hydroxylation sites is 2. The van der Waals surface area contributed by atoms with E-state index in [2.05, 4.69) is 22.3 Å². The lowest BCUT2D eigenvalue weighted by Gasteiger charge is -2.39. The second kappa shape index (κ2) is 13.4. The third kappa shape index (κ3) is 5.71. The minimum atomic E-state index is -1.79. The molecule has 0 aliphatic carbocycles. The SMILES string of the molecule is C[C@H](/C=C/CC(=O)N1CCC[C@H]1CO)[C@@]1(O)C(=O)N(Cc2ccc(N3CN(c4ccccc4)C4(CCNCC4)C3=O)cc2)c2ccccc21. The highest BCUT2D eigenvalue weighted by atomic mass is 16.3. The van der Waals surface area contributed by atoms with Gasteiger partial charge in [0.25, 0.3) is 11.8 Å². The van der Waals surface area contributed by atoms with Crippen molar-refractivity contribution in [1.82, 2.24) is 10.2 Å². The molecule has 0 unspecified atom stereocenters. The molecule has 0 aromatic heterocycles. The van der Waals surface area contributed by atoms with E-state index in [9.17, 15) is 24.6 Å². The van der Waals surface area contributed by atoms with Crippen LogP contribution in [0.25, 0.3) is 0 Å². The molecule has 3 aromatic rings. The lowest BCUT2D eigenvalue weighted by Crippen LogP contribution is -2.55. The van der Waals surface area contributed by atoms with Gasteiger partial charge < -0.3 is 30.2 Å². The first-order valence-electron chi connectivity index (χ1n) is 17.4. The van der Waals surface area contributed by atoms with E-state index in [-0.39, 0.29) is 37.4 Å². The van der Waals surface area contributed by atoms with E-state index in [0.717, 1.165) is 55.7 Å². The molecule has 3 N–H and O–H groups in total.